The van der Waals surface area contributed by atoms with Crippen LogP contribution >= 0.6 is 0 Å². The van der Waals surface area contributed by atoms with Crippen molar-refractivity contribution in [2.24, 2.45) is 0 Å². The Bertz CT molecular complexity index is 768. The molecule has 0 amide bonds. The predicted octanol–water partition coefficient (Wildman–Crippen LogP) is 6.04. The fourth-order valence-corrected chi connectivity index (χ4v) is 3.10. The smallest absolute Gasteiger partial charge is 0.119 e. The third kappa shape index (κ3) is 4.66. The number of ether oxygens (including phenoxy) is 1. The van der Waals surface area contributed by atoms with Crippen molar-refractivity contribution in [2.45, 2.75) is 26.4 Å². The van der Waals surface area contributed by atoms with E-state index < -0.39 is 0 Å². The van der Waals surface area contributed by atoms with Gasteiger partial charge in [-0.2, -0.15) is 0 Å². The van der Waals surface area contributed by atoms with E-state index in [0.717, 1.165) is 25.3 Å². The molecule has 0 saturated heterocycles. The molecule has 2 heteroatoms. The first-order valence-corrected chi connectivity index (χ1v) is 9.42. The summed E-state index contributed by atoms with van der Waals surface area (Å²) in [4.78, 5) is 2.37. The second kappa shape index (κ2) is 9.10. The standard InChI is InChI=1S/C24H27NO/c1-3-23(19-25(4-2)22-13-9-6-10-14-22)26-24-17-15-21(16-18-24)20-11-7-5-8-12-20/h5-18,23H,3-4,19H2,1-2H3. The molecule has 0 heterocycles. The molecule has 0 aliphatic rings. The summed E-state index contributed by atoms with van der Waals surface area (Å²) in [6, 6.07) is 29.4. The quantitative estimate of drug-likeness (QED) is 0.493. The molecule has 3 aromatic carbocycles. The van der Waals surface area contributed by atoms with Crippen LogP contribution < -0.4 is 9.64 Å². The number of hydrogen-bond acceptors (Lipinski definition) is 2. The molecular weight excluding hydrogens is 318 g/mol. The van der Waals surface area contributed by atoms with E-state index in [4.69, 9.17) is 4.74 Å². The van der Waals surface area contributed by atoms with Crippen molar-refractivity contribution in [3.05, 3.63) is 84.9 Å². The molecule has 0 N–H and O–H groups in total. The molecule has 0 aliphatic heterocycles. The van der Waals surface area contributed by atoms with Gasteiger partial charge in [0.05, 0.1) is 6.54 Å². The fourth-order valence-electron chi connectivity index (χ4n) is 3.10. The molecule has 3 rings (SSSR count). The van der Waals surface area contributed by atoms with Gasteiger partial charge >= 0.3 is 0 Å². The zero-order chi connectivity index (χ0) is 18.2. The van der Waals surface area contributed by atoms with Gasteiger partial charge in [0.25, 0.3) is 0 Å². The van der Waals surface area contributed by atoms with E-state index >= 15 is 0 Å². The Labute approximate surface area is 157 Å². The van der Waals surface area contributed by atoms with Gasteiger partial charge in [-0.1, -0.05) is 67.6 Å². The van der Waals surface area contributed by atoms with Gasteiger partial charge in [0.15, 0.2) is 0 Å². The SMILES string of the molecule is CCC(CN(CC)c1ccccc1)Oc1ccc(-c2ccccc2)cc1. The third-order valence-corrected chi connectivity index (χ3v) is 4.65. The highest BCUT2D eigenvalue weighted by atomic mass is 16.5. The maximum atomic E-state index is 6.27. The fraction of sp³-hybridized carbons (Fsp3) is 0.250. The highest BCUT2D eigenvalue weighted by molar-refractivity contribution is 5.63. The highest BCUT2D eigenvalue weighted by Gasteiger charge is 2.14. The highest BCUT2D eigenvalue weighted by Crippen LogP contribution is 2.23. The maximum Gasteiger partial charge on any atom is 0.119 e. The van der Waals surface area contributed by atoms with Crippen molar-refractivity contribution in [2.75, 3.05) is 18.0 Å². The summed E-state index contributed by atoms with van der Waals surface area (Å²) in [6.45, 7) is 6.23. The van der Waals surface area contributed by atoms with Crippen LogP contribution in [-0.4, -0.2) is 19.2 Å². The topological polar surface area (TPSA) is 12.5 Å². The Hall–Kier alpha value is -2.74. The van der Waals surface area contributed by atoms with Gasteiger partial charge in [0.1, 0.15) is 11.9 Å². The Morgan fingerprint density at radius 3 is 1.88 bits per heavy atom. The van der Waals surface area contributed by atoms with Gasteiger partial charge in [0.2, 0.25) is 0 Å². The normalized spacial score (nSPS) is 11.8. The lowest BCUT2D eigenvalue weighted by molar-refractivity contribution is 0.202. The molecule has 26 heavy (non-hydrogen) atoms. The summed E-state index contributed by atoms with van der Waals surface area (Å²) in [5.41, 5.74) is 3.69. The second-order valence-corrected chi connectivity index (χ2v) is 6.41. The van der Waals surface area contributed by atoms with E-state index in [1.54, 1.807) is 0 Å². The zero-order valence-electron chi connectivity index (χ0n) is 15.6. The van der Waals surface area contributed by atoms with Crippen molar-refractivity contribution in [1.29, 1.82) is 0 Å². The lowest BCUT2D eigenvalue weighted by Gasteiger charge is -2.28. The number of benzene rings is 3. The van der Waals surface area contributed by atoms with Crippen LogP contribution in [0.15, 0.2) is 84.9 Å². The van der Waals surface area contributed by atoms with Gasteiger partial charge in [-0.15, -0.1) is 0 Å². The Morgan fingerprint density at radius 2 is 1.31 bits per heavy atom. The Morgan fingerprint density at radius 1 is 0.731 bits per heavy atom. The van der Waals surface area contributed by atoms with Gasteiger partial charge in [-0.05, 0) is 48.7 Å². The molecule has 1 atom stereocenters. The van der Waals surface area contributed by atoms with Crippen LogP contribution in [0.25, 0.3) is 11.1 Å². The van der Waals surface area contributed by atoms with Crippen LogP contribution in [-0.2, 0) is 0 Å². The first-order chi connectivity index (χ1) is 12.8. The first-order valence-electron chi connectivity index (χ1n) is 9.42. The first kappa shape index (κ1) is 18.1. The summed E-state index contributed by atoms with van der Waals surface area (Å²) < 4.78 is 6.27. The van der Waals surface area contributed by atoms with Crippen LogP contribution in [0, 0.1) is 0 Å². The predicted molar refractivity (Wildman–Crippen MR) is 111 cm³/mol. The summed E-state index contributed by atoms with van der Waals surface area (Å²) in [5, 5.41) is 0. The second-order valence-electron chi connectivity index (χ2n) is 6.41. The summed E-state index contributed by atoms with van der Waals surface area (Å²) in [7, 11) is 0. The van der Waals surface area contributed by atoms with Crippen LogP contribution in [0.5, 0.6) is 5.75 Å². The van der Waals surface area contributed by atoms with Crippen molar-refractivity contribution in [3.63, 3.8) is 0 Å². The van der Waals surface area contributed by atoms with E-state index in [-0.39, 0.29) is 6.10 Å². The Balaban J connectivity index is 1.66. The summed E-state index contributed by atoms with van der Waals surface area (Å²) in [6.07, 6.45) is 1.14. The molecule has 2 nitrogen and oxygen atoms in total. The summed E-state index contributed by atoms with van der Waals surface area (Å²) in [5.74, 6) is 0.931. The summed E-state index contributed by atoms with van der Waals surface area (Å²) >= 11 is 0. The van der Waals surface area contributed by atoms with Gasteiger partial charge < -0.3 is 9.64 Å². The largest absolute Gasteiger partial charge is 0.489 e. The van der Waals surface area contributed by atoms with Crippen LogP contribution in [0.1, 0.15) is 20.3 Å². The molecule has 0 aromatic heterocycles. The monoisotopic (exact) mass is 345 g/mol. The molecule has 0 aliphatic carbocycles. The minimum absolute atomic E-state index is 0.165. The Kier molecular flexibility index (Phi) is 6.32. The number of anilines is 1. The number of para-hydroxylation sites is 1. The molecule has 0 fully saturated rings. The molecular formula is C24H27NO. The van der Waals surface area contributed by atoms with Gasteiger partial charge in [-0.3, -0.25) is 0 Å². The molecule has 1 unspecified atom stereocenters. The molecule has 0 saturated carbocycles. The lowest BCUT2D eigenvalue weighted by atomic mass is 10.1. The number of nitrogens with zero attached hydrogens (tertiary/aromatic N) is 1. The van der Waals surface area contributed by atoms with Crippen LogP contribution in [0.3, 0.4) is 0 Å². The molecule has 0 radical (unpaired) electrons. The molecule has 0 spiro atoms. The van der Waals surface area contributed by atoms with Crippen molar-refractivity contribution >= 4 is 5.69 Å². The molecule has 3 aromatic rings. The minimum atomic E-state index is 0.165. The van der Waals surface area contributed by atoms with E-state index in [1.807, 2.05) is 6.07 Å². The zero-order valence-corrected chi connectivity index (χ0v) is 15.6. The molecule has 134 valence electrons. The van der Waals surface area contributed by atoms with E-state index in [2.05, 4.69) is 97.6 Å². The molecule has 0 bridgehead atoms. The van der Waals surface area contributed by atoms with Gasteiger partial charge in [-0.25, -0.2) is 0 Å². The van der Waals surface area contributed by atoms with Gasteiger partial charge in [0, 0.05) is 12.2 Å². The number of rotatable bonds is 8. The van der Waals surface area contributed by atoms with Crippen molar-refractivity contribution in [3.8, 4) is 16.9 Å². The number of hydrogen-bond donors (Lipinski definition) is 0. The average molecular weight is 345 g/mol. The van der Waals surface area contributed by atoms with E-state index in [1.165, 1.54) is 16.8 Å². The third-order valence-electron chi connectivity index (χ3n) is 4.65. The van der Waals surface area contributed by atoms with Crippen LogP contribution in [0.4, 0.5) is 5.69 Å². The van der Waals surface area contributed by atoms with Crippen molar-refractivity contribution in [1.82, 2.24) is 0 Å². The lowest BCUT2D eigenvalue weighted by Crippen LogP contribution is -2.35. The van der Waals surface area contributed by atoms with Crippen molar-refractivity contribution < 1.29 is 4.74 Å². The maximum absolute atomic E-state index is 6.27. The van der Waals surface area contributed by atoms with E-state index in [0.29, 0.717) is 0 Å². The van der Waals surface area contributed by atoms with E-state index in [9.17, 15) is 0 Å². The van der Waals surface area contributed by atoms with Crippen LogP contribution in [0.2, 0.25) is 0 Å². The minimum Gasteiger partial charge on any atom is -0.489 e. The average Bonchev–Trinajstić information content (AvgIpc) is 2.73. The number of likely N-dealkylation sites (N-methyl/N-ethyl adjacent to an activating group) is 1.